The highest BCUT2D eigenvalue weighted by Crippen LogP contribution is 2.17. The Bertz CT molecular complexity index is 495. The van der Waals surface area contributed by atoms with E-state index in [4.69, 9.17) is 5.11 Å². The van der Waals surface area contributed by atoms with Gasteiger partial charge in [0, 0.05) is 12.6 Å². The summed E-state index contributed by atoms with van der Waals surface area (Å²) >= 11 is 0. The molecule has 0 aliphatic rings. The summed E-state index contributed by atoms with van der Waals surface area (Å²) in [6.45, 7) is 3.09. The van der Waals surface area contributed by atoms with Crippen molar-refractivity contribution in [3.05, 3.63) is 48.0 Å². The largest absolute Gasteiger partial charge is 0.395 e. The molecule has 2 nitrogen and oxygen atoms in total. The minimum Gasteiger partial charge on any atom is -0.395 e. The zero-order chi connectivity index (χ0) is 12.3. The number of benzene rings is 2. The van der Waals surface area contributed by atoms with Gasteiger partial charge < -0.3 is 5.11 Å². The maximum atomic E-state index is 9.11. The molecule has 0 aliphatic heterocycles. The van der Waals surface area contributed by atoms with Gasteiger partial charge in [-0.2, -0.15) is 0 Å². The van der Waals surface area contributed by atoms with E-state index in [-0.39, 0.29) is 12.6 Å². The van der Waals surface area contributed by atoms with Crippen molar-refractivity contribution in [1.29, 1.82) is 0 Å². The number of aliphatic hydroxyl groups is 1. The molecular formula is C15H19NO. The summed E-state index contributed by atoms with van der Waals surface area (Å²) in [5.74, 6) is 0. The van der Waals surface area contributed by atoms with Crippen molar-refractivity contribution in [2.24, 2.45) is 0 Å². The Kier molecular flexibility index (Phi) is 3.77. The fourth-order valence-corrected chi connectivity index (χ4v) is 1.92. The molecule has 1 unspecified atom stereocenters. The summed E-state index contributed by atoms with van der Waals surface area (Å²) in [7, 11) is 2.04. The second-order valence-electron chi connectivity index (χ2n) is 4.63. The second kappa shape index (κ2) is 5.30. The Morgan fingerprint density at radius 3 is 2.53 bits per heavy atom. The molecule has 2 rings (SSSR count). The van der Waals surface area contributed by atoms with Gasteiger partial charge in [-0.3, -0.25) is 4.90 Å². The molecule has 0 bridgehead atoms. The second-order valence-corrected chi connectivity index (χ2v) is 4.63. The molecule has 0 aromatic heterocycles. The monoisotopic (exact) mass is 229 g/mol. The molecule has 0 spiro atoms. The Hall–Kier alpha value is -1.38. The van der Waals surface area contributed by atoms with Gasteiger partial charge in [0.1, 0.15) is 0 Å². The number of fused-ring (bicyclic) bond motifs is 1. The molecule has 0 radical (unpaired) electrons. The van der Waals surface area contributed by atoms with Crippen LogP contribution in [0, 0.1) is 0 Å². The van der Waals surface area contributed by atoms with Crippen molar-refractivity contribution < 1.29 is 5.11 Å². The van der Waals surface area contributed by atoms with Gasteiger partial charge in [0.05, 0.1) is 6.61 Å². The van der Waals surface area contributed by atoms with E-state index in [9.17, 15) is 0 Å². The van der Waals surface area contributed by atoms with Crippen molar-refractivity contribution in [2.75, 3.05) is 13.7 Å². The Balaban J connectivity index is 2.19. The molecule has 0 saturated heterocycles. The number of aliphatic hydroxyl groups excluding tert-OH is 1. The summed E-state index contributed by atoms with van der Waals surface area (Å²) in [5, 5.41) is 11.7. The van der Waals surface area contributed by atoms with E-state index in [0.29, 0.717) is 0 Å². The van der Waals surface area contributed by atoms with Crippen LogP contribution in [0.1, 0.15) is 12.5 Å². The van der Waals surface area contributed by atoms with Crippen molar-refractivity contribution >= 4 is 10.8 Å². The van der Waals surface area contributed by atoms with Gasteiger partial charge in [-0.15, -0.1) is 0 Å². The van der Waals surface area contributed by atoms with Gasteiger partial charge in [0.2, 0.25) is 0 Å². The summed E-state index contributed by atoms with van der Waals surface area (Å²) in [5.41, 5.74) is 1.28. The fraction of sp³-hybridized carbons (Fsp3) is 0.333. The minimum absolute atomic E-state index is 0.196. The van der Waals surface area contributed by atoms with Crippen LogP contribution in [0.5, 0.6) is 0 Å². The van der Waals surface area contributed by atoms with Crippen LogP contribution in [0.3, 0.4) is 0 Å². The first-order valence-electron chi connectivity index (χ1n) is 5.99. The molecule has 0 aliphatic carbocycles. The molecule has 2 aromatic rings. The lowest BCUT2D eigenvalue weighted by Gasteiger charge is -2.22. The molecule has 0 heterocycles. The predicted octanol–water partition coefficient (Wildman–Crippen LogP) is 2.65. The third kappa shape index (κ3) is 2.84. The van der Waals surface area contributed by atoms with Gasteiger partial charge in [-0.05, 0) is 36.4 Å². The number of nitrogens with zero attached hydrogens (tertiary/aromatic N) is 1. The van der Waals surface area contributed by atoms with Gasteiger partial charge in [0.25, 0.3) is 0 Å². The van der Waals surface area contributed by atoms with Gasteiger partial charge in [-0.25, -0.2) is 0 Å². The van der Waals surface area contributed by atoms with E-state index >= 15 is 0 Å². The minimum atomic E-state index is 0.196. The molecule has 0 fully saturated rings. The maximum absolute atomic E-state index is 9.11. The highest BCUT2D eigenvalue weighted by molar-refractivity contribution is 5.82. The van der Waals surface area contributed by atoms with Crippen molar-refractivity contribution in [3.63, 3.8) is 0 Å². The highest BCUT2D eigenvalue weighted by Gasteiger charge is 2.08. The van der Waals surface area contributed by atoms with Crippen LogP contribution in [0.25, 0.3) is 10.8 Å². The molecule has 2 aromatic carbocycles. The quantitative estimate of drug-likeness (QED) is 0.871. The molecule has 1 atom stereocenters. The van der Waals surface area contributed by atoms with E-state index in [1.807, 2.05) is 14.0 Å². The van der Waals surface area contributed by atoms with E-state index in [1.165, 1.54) is 16.3 Å². The van der Waals surface area contributed by atoms with Gasteiger partial charge in [0.15, 0.2) is 0 Å². The first-order valence-corrected chi connectivity index (χ1v) is 5.99. The molecule has 0 saturated carbocycles. The number of hydrogen-bond acceptors (Lipinski definition) is 2. The van der Waals surface area contributed by atoms with E-state index < -0.39 is 0 Å². The van der Waals surface area contributed by atoms with Crippen molar-refractivity contribution in [2.45, 2.75) is 19.5 Å². The molecule has 17 heavy (non-hydrogen) atoms. The van der Waals surface area contributed by atoms with Crippen molar-refractivity contribution in [1.82, 2.24) is 4.90 Å². The molecule has 0 amide bonds. The molecular weight excluding hydrogens is 210 g/mol. The topological polar surface area (TPSA) is 23.5 Å². The van der Waals surface area contributed by atoms with Crippen LogP contribution in [-0.4, -0.2) is 29.7 Å². The third-order valence-corrected chi connectivity index (χ3v) is 3.26. The van der Waals surface area contributed by atoms with Crippen LogP contribution in [0.15, 0.2) is 42.5 Å². The Morgan fingerprint density at radius 1 is 1.12 bits per heavy atom. The van der Waals surface area contributed by atoms with E-state index in [2.05, 4.69) is 47.4 Å². The predicted molar refractivity (Wildman–Crippen MR) is 72.0 cm³/mol. The third-order valence-electron chi connectivity index (χ3n) is 3.26. The van der Waals surface area contributed by atoms with E-state index in [0.717, 1.165) is 6.54 Å². The highest BCUT2D eigenvalue weighted by atomic mass is 16.3. The average molecular weight is 229 g/mol. The summed E-state index contributed by atoms with van der Waals surface area (Å²) in [4.78, 5) is 2.16. The number of likely N-dealkylation sites (N-methyl/N-ethyl adjacent to an activating group) is 1. The normalized spacial score (nSPS) is 13.2. The lowest BCUT2D eigenvalue weighted by atomic mass is 10.1. The zero-order valence-corrected chi connectivity index (χ0v) is 10.4. The fourth-order valence-electron chi connectivity index (χ4n) is 1.92. The first-order chi connectivity index (χ1) is 8.20. The average Bonchev–Trinajstić information content (AvgIpc) is 2.37. The van der Waals surface area contributed by atoms with Crippen molar-refractivity contribution in [3.8, 4) is 0 Å². The van der Waals surface area contributed by atoms with Crippen LogP contribution in [0.2, 0.25) is 0 Å². The molecule has 90 valence electrons. The van der Waals surface area contributed by atoms with E-state index in [1.54, 1.807) is 0 Å². The first kappa shape index (κ1) is 12.1. The number of hydrogen-bond donors (Lipinski definition) is 1. The SMILES string of the molecule is CC(CO)N(C)Cc1ccc2ccccc2c1. The van der Waals surface area contributed by atoms with Crippen LogP contribution < -0.4 is 0 Å². The lowest BCUT2D eigenvalue weighted by molar-refractivity contribution is 0.154. The number of rotatable bonds is 4. The smallest absolute Gasteiger partial charge is 0.0584 e. The van der Waals surface area contributed by atoms with Crippen LogP contribution in [-0.2, 0) is 6.54 Å². The van der Waals surface area contributed by atoms with Gasteiger partial charge in [-0.1, -0.05) is 36.4 Å². The summed E-state index contributed by atoms with van der Waals surface area (Å²) in [6, 6.07) is 15.1. The van der Waals surface area contributed by atoms with Gasteiger partial charge >= 0.3 is 0 Å². The van der Waals surface area contributed by atoms with Crippen LogP contribution >= 0.6 is 0 Å². The van der Waals surface area contributed by atoms with Crippen LogP contribution in [0.4, 0.5) is 0 Å². The standard InChI is InChI=1S/C15H19NO/c1-12(11-17)16(2)10-13-7-8-14-5-3-4-6-15(14)9-13/h3-9,12,17H,10-11H2,1-2H3. The molecule has 1 N–H and O–H groups in total. The maximum Gasteiger partial charge on any atom is 0.0584 e. The summed E-state index contributed by atoms with van der Waals surface area (Å²) < 4.78 is 0. The Labute approximate surface area is 102 Å². The molecule has 2 heteroatoms. The Morgan fingerprint density at radius 2 is 1.82 bits per heavy atom. The zero-order valence-electron chi connectivity index (χ0n) is 10.4. The summed E-state index contributed by atoms with van der Waals surface area (Å²) in [6.07, 6.45) is 0. The lowest BCUT2D eigenvalue weighted by Crippen LogP contribution is -2.31.